The number of carbonyl (C=O) groups excluding carboxylic acids is 3. The maximum Gasteiger partial charge on any atom is 0.322 e. The standard InChI is InChI=1S/C16H13N2O5/c19-9-13(10-5-7-11(20)8-6-10)17-16(23)18-15(22)12-3-1-2-4-14(12)21/h1-8,13,20-21H,(H2,17,18,22,23). The van der Waals surface area contributed by atoms with Gasteiger partial charge < -0.3 is 15.5 Å². The Hall–Kier alpha value is -3.35. The van der Waals surface area contributed by atoms with Crippen molar-refractivity contribution in [2.24, 2.45) is 0 Å². The molecule has 2 aromatic carbocycles. The van der Waals surface area contributed by atoms with Crippen LogP contribution in [0.1, 0.15) is 22.0 Å². The van der Waals surface area contributed by atoms with Gasteiger partial charge in [-0.15, -0.1) is 0 Å². The Balaban J connectivity index is 2.03. The fourth-order valence-electron chi connectivity index (χ4n) is 1.85. The lowest BCUT2D eigenvalue weighted by molar-refractivity contribution is 0.0961. The van der Waals surface area contributed by atoms with Crippen LogP contribution in [0.2, 0.25) is 0 Å². The number of nitrogens with one attached hydrogen (secondary N) is 2. The molecule has 7 heteroatoms. The molecule has 0 spiro atoms. The van der Waals surface area contributed by atoms with E-state index in [4.69, 9.17) is 0 Å². The van der Waals surface area contributed by atoms with Crippen molar-refractivity contribution in [3.8, 4) is 11.5 Å². The van der Waals surface area contributed by atoms with Crippen molar-refractivity contribution < 1.29 is 24.6 Å². The number of hydrogen-bond donors (Lipinski definition) is 4. The second-order valence-electron chi connectivity index (χ2n) is 4.59. The summed E-state index contributed by atoms with van der Waals surface area (Å²) in [5.41, 5.74) is 0.321. The van der Waals surface area contributed by atoms with E-state index < -0.39 is 18.0 Å². The van der Waals surface area contributed by atoms with Gasteiger partial charge in [0.15, 0.2) is 0 Å². The zero-order chi connectivity index (χ0) is 16.8. The van der Waals surface area contributed by atoms with E-state index in [0.717, 1.165) is 0 Å². The van der Waals surface area contributed by atoms with Gasteiger partial charge in [-0.2, -0.15) is 0 Å². The number of carbonyl (C=O) groups is 2. The summed E-state index contributed by atoms with van der Waals surface area (Å²) in [6.07, 6.45) is 1.63. The Labute approximate surface area is 131 Å². The van der Waals surface area contributed by atoms with Crippen LogP contribution in [0.4, 0.5) is 4.79 Å². The van der Waals surface area contributed by atoms with Gasteiger partial charge in [-0.05, 0) is 29.8 Å². The lowest BCUT2D eigenvalue weighted by Crippen LogP contribution is -2.41. The number of urea groups is 1. The average molecular weight is 313 g/mol. The van der Waals surface area contributed by atoms with E-state index in [2.05, 4.69) is 5.32 Å². The first-order valence-electron chi connectivity index (χ1n) is 6.57. The fourth-order valence-corrected chi connectivity index (χ4v) is 1.85. The van der Waals surface area contributed by atoms with Crippen LogP contribution in [0.25, 0.3) is 0 Å². The first kappa shape index (κ1) is 16.0. The number of hydrogen-bond acceptors (Lipinski definition) is 5. The van der Waals surface area contributed by atoms with Crippen molar-refractivity contribution in [1.29, 1.82) is 0 Å². The van der Waals surface area contributed by atoms with Crippen molar-refractivity contribution in [3.63, 3.8) is 0 Å². The molecule has 1 unspecified atom stereocenters. The molecule has 0 saturated heterocycles. The number of aromatic hydroxyl groups is 2. The highest BCUT2D eigenvalue weighted by molar-refractivity contribution is 6.06. The molecular formula is C16H13N2O5. The van der Waals surface area contributed by atoms with Gasteiger partial charge in [-0.1, -0.05) is 24.3 Å². The number of imide groups is 1. The van der Waals surface area contributed by atoms with Crippen LogP contribution in [0.15, 0.2) is 48.5 Å². The third kappa shape index (κ3) is 4.07. The molecule has 4 N–H and O–H groups in total. The monoisotopic (exact) mass is 313 g/mol. The summed E-state index contributed by atoms with van der Waals surface area (Å²) in [6.45, 7) is 0. The zero-order valence-corrected chi connectivity index (χ0v) is 11.8. The molecule has 0 aliphatic heterocycles. The summed E-state index contributed by atoms with van der Waals surface area (Å²) in [7, 11) is 0. The van der Waals surface area contributed by atoms with Gasteiger partial charge in [0.2, 0.25) is 6.29 Å². The van der Waals surface area contributed by atoms with Crippen LogP contribution >= 0.6 is 0 Å². The molecule has 2 rings (SSSR count). The Morgan fingerprint density at radius 2 is 1.65 bits per heavy atom. The quantitative estimate of drug-likeness (QED) is 0.680. The molecular weight excluding hydrogens is 300 g/mol. The van der Waals surface area contributed by atoms with E-state index in [9.17, 15) is 24.6 Å². The molecule has 3 amide bonds. The highest BCUT2D eigenvalue weighted by Crippen LogP contribution is 2.16. The number of amides is 3. The Morgan fingerprint density at radius 1 is 1.00 bits per heavy atom. The molecule has 7 nitrogen and oxygen atoms in total. The molecule has 0 heterocycles. The van der Waals surface area contributed by atoms with Crippen LogP contribution in [0.5, 0.6) is 11.5 Å². The highest BCUT2D eigenvalue weighted by Gasteiger charge is 2.18. The molecule has 1 radical (unpaired) electrons. The third-order valence-corrected chi connectivity index (χ3v) is 3.00. The van der Waals surface area contributed by atoms with Gasteiger partial charge in [-0.3, -0.25) is 14.9 Å². The van der Waals surface area contributed by atoms with Crippen LogP contribution in [0.3, 0.4) is 0 Å². The van der Waals surface area contributed by atoms with E-state index >= 15 is 0 Å². The SMILES string of the molecule is O=[C]C(NC(=O)NC(=O)c1ccccc1O)c1ccc(O)cc1. The molecule has 0 aromatic heterocycles. The number of phenols is 2. The first-order valence-corrected chi connectivity index (χ1v) is 6.57. The molecule has 23 heavy (non-hydrogen) atoms. The van der Waals surface area contributed by atoms with E-state index in [1.54, 1.807) is 6.29 Å². The van der Waals surface area contributed by atoms with Gasteiger partial charge in [0.1, 0.15) is 17.5 Å². The topological polar surface area (TPSA) is 116 Å². The number of phenolic OH excluding ortho intramolecular Hbond substituents is 2. The molecule has 0 fully saturated rings. The minimum absolute atomic E-state index is 0.0116. The maximum atomic E-state index is 11.9. The van der Waals surface area contributed by atoms with Gasteiger partial charge in [0.05, 0.1) is 5.56 Å². The molecule has 0 aliphatic carbocycles. The van der Waals surface area contributed by atoms with Crippen molar-refractivity contribution in [1.82, 2.24) is 10.6 Å². The summed E-state index contributed by atoms with van der Waals surface area (Å²) in [6, 6.07) is 9.30. The zero-order valence-electron chi connectivity index (χ0n) is 11.8. The molecule has 117 valence electrons. The van der Waals surface area contributed by atoms with Crippen molar-refractivity contribution in [2.75, 3.05) is 0 Å². The van der Waals surface area contributed by atoms with Crippen LogP contribution in [-0.2, 0) is 4.79 Å². The summed E-state index contributed by atoms with van der Waals surface area (Å²) >= 11 is 0. The van der Waals surface area contributed by atoms with Crippen LogP contribution < -0.4 is 10.6 Å². The highest BCUT2D eigenvalue weighted by atomic mass is 16.3. The normalized spacial score (nSPS) is 11.3. The van der Waals surface area contributed by atoms with Crippen molar-refractivity contribution >= 4 is 18.2 Å². The predicted molar refractivity (Wildman–Crippen MR) is 80.6 cm³/mol. The minimum atomic E-state index is -1.10. The third-order valence-electron chi connectivity index (χ3n) is 3.00. The summed E-state index contributed by atoms with van der Waals surface area (Å²) in [5, 5.41) is 23.0. The van der Waals surface area contributed by atoms with Crippen molar-refractivity contribution in [2.45, 2.75) is 6.04 Å². The van der Waals surface area contributed by atoms with Crippen molar-refractivity contribution in [3.05, 3.63) is 59.7 Å². The van der Waals surface area contributed by atoms with Gasteiger partial charge in [-0.25, -0.2) is 4.79 Å². The minimum Gasteiger partial charge on any atom is -0.508 e. The maximum absolute atomic E-state index is 11.9. The second kappa shape index (κ2) is 7.08. The summed E-state index contributed by atoms with van der Waals surface area (Å²) in [5.74, 6) is -1.07. The van der Waals surface area contributed by atoms with Gasteiger partial charge in [0, 0.05) is 0 Å². The summed E-state index contributed by atoms with van der Waals surface area (Å²) in [4.78, 5) is 34.6. The van der Waals surface area contributed by atoms with E-state index in [1.807, 2.05) is 5.32 Å². The number of para-hydroxylation sites is 1. The Bertz CT molecular complexity index is 728. The molecule has 0 bridgehead atoms. The molecule has 0 saturated carbocycles. The fraction of sp³-hybridized carbons (Fsp3) is 0.0625. The smallest absolute Gasteiger partial charge is 0.322 e. The lowest BCUT2D eigenvalue weighted by Gasteiger charge is -2.13. The van der Waals surface area contributed by atoms with Crippen LogP contribution in [0, 0.1) is 0 Å². The van der Waals surface area contributed by atoms with Crippen LogP contribution in [-0.4, -0.2) is 28.4 Å². The van der Waals surface area contributed by atoms with E-state index in [1.165, 1.54) is 48.5 Å². The largest absolute Gasteiger partial charge is 0.508 e. The Morgan fingerprint density at radius 3 is 2.26 bits per heavy atom. The number of benzene rings is 2. The Kier molecular flexibility index (Phi) is 4.93. The molecule has 1 atom stereocenters. The van der Waals surface area contributed by atoms with Gasteiger partial charge in [0.25, 0.3) is 5.91 Å². The van der Waals surface area contributed by atoms with E-state index in [0.29, 0.717) is 5.56 Å². The van der Waals surface area contributed by atoms with Gasteiger partial charge >= 0.3 is 6.03 Å². The first-order chi connectivity index (χ1) is 11.0. The lowest BCUT2D eigenvalue weighted by atomic mass is 10.1. The predicted octanol–water partition coefficient (Wildman–Crippen LogP) is 1.39. The number of rotatable bonds is 4. The average Bonchev–Trinajstić information content (AvgIpc) is 2.54. The van der Waals surface area contributed by atoms with E-state index in [-0.39, 0.29) is 17.1 Å². The molecule has 0 aliphatic rings. The summed E-state index contributed by atoms with van der Waals surface area (Å²) < 4.78 is 0. The molecule has 2 aromatic rings. The second-order valence-corrected chi connectivity index (χ2v) is 4.59.